The lowest BCUT2D eigenvalue weighted by molar-refractivity contribution is 0.195. The van der Waals surface area contributed by atoms with Gasteiger partial charge < -0.3 is 4.74 Å². The van der Waals surface area contributed by atoms with E-state index in [-0.39, 0.29) is 0 Å². The van der Waals surface area contributed by atoms with Crippen LogP contribution in [0, 0.1) is 0 Å². The van der Waals surface area contributed by atoms with E-state index in [0.717, 1.165) is 23.8 Å². The lowest BCUT2D eigenvalue weighted by atomic mass is 10.1. The van der Waals surface area contributed by atoms with E-state index in [9.17, 15) is 8.42 Å². The number of para-hydroxylation sites is 1. The summed E-state index contributed by atoms with van der Waals surface area (Å²) in [6, 6.07) is 16.1. The van der Waals surface area contributed by atoms with Gasteiger partial charge in [0.05, 0.1) is 10.4 Å². The summed E-state index contributed by atoms with van der Waals surface area (Å²) in [5.74, 6) is 0. The fraction of sp³-hybridized carbons (Fsp3) is 0.222. The summed E-state index contributed by atoms with van der Waals surface area (Å²) in [5, 5.41) is 0.975. The van der Waals surface area contributed by atoms with Crippen LogP contribution in [0.5, 0.6) is 0 Å². The van der Waals surface area contributed by atoms with Crippen molar-refractivity contribution in [1.29, 1.82) is 0 Å². The van der Waals surface area contributed by atoms with Crippen LogP contribution in [0.15, 0.2) is 65.7 Å². The minimum atomic E-state index is -3.59. The van der Waals surface area contributed by atoms with E-state index in [1.807, 2.05) is 30.3 Å². The van der Waals surface area contributed by atoms with Gasteiger partial charge in [-0.3, -0.25) is 0 Å². The predicted octanol–water partition coefficient (Wildman–Crippen LogP) is 3.46. The number of rotatable bonds is 6. The van der Waals surface area contributed by atoms with Gasteiger partial charge in [-0.25, -0.2) is 12.4 Å². The van der Waals surface area contributed by atoms with Crippen molar-refractivity contribution in [3.8, 4) is 0 Å². The molecule has 0 aliphatic heterocycles. The molecule has 0 fully saturated rings. The molecule has 3 rings (SSSR count). The lowest BCUT2D eigenvalue weighted by Crippen LogP contribution is -2.11. The number of fused-ring (bicyclic) bond motifs is 1. The molecule has 120 valence electrons. The van der Waals surface area contributed by atoms with E-state index in [4.69, 9.17) is 4.74 Å². The Morgan fingerprint density at radius 1 is 1.00 bits per heavy atom. The van der Waals surface area contributed by atoms with Crippen molar-refractivity contribution in [2.24, 2.45) is 0 Å². The molecule has 0 aliphatic carbocycles. The van der Waals surface area contributed by atoms with Gasteiger partial charge >= 0.3 is 0 Å². The molecule has 1 aromatic heterocycles. The number of nitrogens with zero attached hydrogens (tertiary/aromatic N) is 1. The molecule has 5 heteroatoms. The van der Waals surface area contributed by atoms with E-state index >= 15 is 0 Å². The van der Waals surface area contributed by atoms with Gasteiger partial charge in [-0.2, -0.15) is 0 Å². The van der Waals surface area contributed by atoms with Gasteiger partial charge in [-0.1, -0.05) is 36.4 Å². The highest BCUT2D eigenvalue weighted by molar-refractivity contribution is 7.90. The highest BCUT2D eigenvalue weighted by Gasteiger charge is 2.20. The van der Waals surface area contributed by atoms with Crippen LogP contribution < -0.4 is 0 Å². The first kappa shape index (κ1) is 15.8. The zero-order chi connectivity index (χ0) is 16.3. The summed E-state index contributed by atoms with van der Waals surface area (Å²) in [7, 11) is -1.92. The fourth-order valence-electron chi connectivity index (χ4n) is 2.73. The van der Waals surface area contributed by atoms with Gasteiger partial charge in [0.1, 0.15) is 0 Å². The third-order valence-electron chi connectivity index (χ3n) is 3.86. The van der Waals surface area contributed by atoms with Crippen LogP contribution in [0.25, 0.3) is 10.9 Å². The first-order valence-corrected chi connectivity index (χ1v) is 8.97. The zero-order valence-electron chi connectivity index (χ0n) is 13.0. The summed E-state index contributed by atoms with van der Waals surface area (Å²) < 4.78 is 32.3. The molecule has 0 unspecified atom stereocenters. The van der Waals surface area contributed by atoms with Gasteiger partial charge in [0.15, 0.2) is 0 Å². The molecule has 1 heterocycles. The molecule has 0 N–H and O–H groups in total. The largest absolute Gasteiger partial charge is 0.385 e. The number of aryl methyl sites for hydroxylation is 1. The lowest BCUT2D eigenvalue weighted by Gasteiger charge is -2.07. The molecule has 0 bridgehead atoms. The molecule has 3 aromatic rings. The van der Waals surface area contributed by atoms with Crippen LogP contribution in [0.1, 0.15) is 12.0 Å². The molecule has 23 heavy (non-hydrogen) atoms. The molecule has 0 amide bonds. The van der Waals surface area contributed by atoms with E-state index < -0.39 is 10.0 Å². The number of aromatic nitrogens is 1. The Morgan fingerprint density at radius 2 is 1.70 bits per heavy atom. The van der Waals surface area contributed by atoms with Crippen molar-refractivity contribution in [1.82, 2.24) is 3.97 Å². The topological polar surface area (TPSA) is 48.3 Å². The molecular formula is C18H19NO3S. The molecule has 0 radical (unpaired) electrons. The Labute approximate surface area is 136 Å². The Morgan fingerprint density at radius 3 is 2.43 bits per heavy atom. The quantitative estimate of drug-likeness (QED) is 0.651. The average molecular weight is 329 g/mol. The van der Waals surface area contributed by atoms with E-state index in [2.05, 4.69) is 0 Å². The van der Waals surface area contributed by atoms with Crippen LogP contribution in [-0.4, -0.2) is 26.1 Å². The minimum Gasteiger partial charge on any atom is -0.385 e. The molecule has 0 saturated heterocycles. The normalized spacial score (nSPS) is 11.9. The van der Waals surface area contributed by atoms with Crippen LogP contribution in [0.2, 0.25) is 0 Å². The Hall–Kier alpha value is -2.11. The van der Waals surface area contributed by atoms with E-state index in [0.29, 0.717) is 17.0 Å². The molecule has 2 aromatic carbocycles. The maximum absolute atomic E-state index is 12.9. The van der Waals surface area contributed by atoms with Crippen LogP contribution in [0.3, 0.4) is 0 Å². The summed E-state index contributed by atoms with van der Waals surface area (Å²) >= 11 is 0. The minimum absolute atomic E-state index is 0.296. The third kappa shape index (κ3) is 3.02. The second-order valence-electron chi connectivity index (χ2n) is 5.38. The van der Waals surface area contributed by atoms with Gasteiger partial charge in [0, 0.05) is 25.3 Å². The first-order chi connectivity index (χ1) is 11.1. The summed E-state index contributed by atoms with van der Waals surface area (Å²) in [6.07, 6.45) is 3.38. The Bertz CT molecular complexity index is 898. The second-order valence-corrected chi connectivity index (χ2v) is 7.20. The number of methoxy groups -OCH3 is 1. The van der Waals surface area contributed by atoms with Crippen molar-refractivity contribution in [2.75, 3.05) is 13.7 Å². The summed E-state index contributed by atoms with van der Waals surface area (Å²) in [5.41, 5.74) is 1.74. The van der Waals surface area contributed by atoms with Crippen molar-refractivity contribution in [2.45, 2.75) is 17.7 Å². The molecule has 0 aliphatic rings. The Balaban J connectivity index is 2.11. The molecule has 4 nitrogen and oxygen atoms in total. The fourth-order valence-corrected chi connectivity index (χ4v) is 4.14. The van der Waals surface area contributed by atoms with Crippen molar-refractivity contribution >= 4 is 20.9 Å². The van der Waals surface area contributed by atoms with Crippen molar-refractivity contribution in [3.63, 3.8) is 0 Å². The molecule has 0 spiro atoms. The number of hydrogen-bond donors (Lipinski definition) is 0. The van der Waals surface area contributed by atoms with Crippen LogP contribution >= 0.6 is 0 Å². The highest BCUT2D eigenvalue weighted by atomic mass is 32.2. The maximum Gasteiger partial charge on any atom is 0.268 e. The average Bonchev–Trinajstić information content (AvgIpc) is 2.96. The maximum atomic E-state index is 12.9. The number of hydrogen-bond acceptors (Lipinski definition) is 3. The highest BCUT2D eigenvalue weighted by Crippen LogP contribution is 2.26. The number of benzene rings is 2. The molecule has 0 saturated carbocycles. The van der Waals surface area contributed by atoms with E-state index in [1.165, 1.54) is 3.97 Å². The van der Waals surface area contributed by atoms with E-state index in [1.54, 1.807) is 37.6 Å². The second kappa shape index (κ2) is 6.56. The van der Waals surface area contributed by atoms with Gasteiger partial charge in [0.25, 0.3) is 10.0 Å². The third-order valence-corrected chi connectivity index (χ3v) is 5.54. The van der Waals surface area contributed by atoms with Gasteiger partial charge in [-0.15, -0.1) is 0 Å². The summed E-state index contributed by atoms with van der Waals surface area (Å²) in [4.78, 5) is 0.296. The predicted molar refractivity (Wildman–Crippen MR) is 91.2 cm³/mol. The zero-order valence-corrected chi connectivity index (χ0v) is 13.8. The van der Waals surface area contributed by atoms with Crippen molar-refractivity contribution in [3.05, 3.63) is 66.4 Å². The molecule has 0 atom stereocenters. The van der Waals surface area contributed by atoms with Gasteiger partial charge in [0.2, 0.25) is 0 Å². The molecular weight excluding hydrogens is 310 g/mol. The summed E-state index contributed by atoms with van der Waals surface area (Å²) in [6.45, 7) is 0.658. The SMILES string of the molecule is COCCCc1cn(S(=O)(=O)c2ccccc2)c2ccccc12. The standard InChI is InChI=1S/C18H19NO3S/c1-22-13-7-8-15-14-19(18-12-6-5-11-17(15)18)23(20,21)16-9-3-2-4-10-16/h2-6,9-12,14H,7-8,13H2,1H3. The number of ether oxygens (including phenoxy) is 1. The van der Waals surface area contributed by atoms with Crippen LogP contribution in [0.4, 0.5) is 0 Å². The van der Waals surface area contributed by atoms with Crippen LogP contribution in [-0.2, 0) is 21.2 Å². The van der Waals surface area contributed by atoms with Gasteiger partial charge in [-0.05, 0) is 36.6 Å². The van der Waals surface area contributed by atoms with Crippen molar-refractivity contribution < 1.29 is 13.2 Å². The first-order valence-electron chi connectivity index (χ1n) is 7.53. The smallest absolute Gasteiger partial charge is 0.268 e. The Kier molecular flexibility index (Phi) is 4.50. The monoisotopic (exact) mass is 329 g/mol.